The fourth-order valence-electron chi connectivity index (χ4n) is 7.85. The predicted octanol–water partition coefficient (Wildman–Crippen LogP) is 7.27. The summed E-state index contributed by atoms with van der Waals surface area (Å²) in [4.78, 5) is 0. The van der Waals surface area contributed by atoms with Gasteiger partial charge in [0.25, 0.3) is 0 Å². The Balaban J connectivity index is 0. The summed E-state index contributed by atoms with van der Waals surface area (Å²) in [6.07, 6.45) is 0. The molecule has 12 nitrogen and oxygen atoms in total. The zero-order chi connectivity index (χ0) is 40.1. The largest absolute Gasteiger partial charge is 1.00 e. The highest BCUT2D eigenvalue weighted by atomic mass is 35.5. The van der Waals surface area contributed by atoms with Crippen molar-refractivity contribution < 1.29 is 12.4 Å². The molecule has 0 saturated heterocycles. The van der Waals surface area contributed by atoms with Gasteiger partial charge in [-0.2, -0.15) is 0 Å². The van der Waals surface area contributed by atoms with Gasteiger partial charge in [-0.15, -0.1) is 0 Å². The average Bonchev–Trinajstić information content (AvgIpc) is 3.15. The van der Waals surface area contributed by atoms with Crippen LogP contribution in [0.4, 0.5) is 0 Å². The third-order valence-corrected chi connectivity index (χ3v) is 26.8. The Morgan fingerprint density at radius 1 is 0.245 bits per heavy atom. The van der Waals surface area contributed by atoms with Crippen LogP contribution in [-0.2, 0) is 11.5 Å². The summed E-state index contributed by atoms with van der Waals surface area (Å²) in [5, 5.41) is 0. The molecule has 0 unspecified atom stereocenters. The summed E-state index contributed by atoms with van der Waals surface area (Å²) < 4.78 is 43.4. The van der Waals surface area contributed by atoms with Crippen molar-refractivity contribution in [3.8, 4) is 0 Å². The Morgan fingerprint density at radius 2 is 0.340 bits per heavy atom. The van der Waals surface area contributed by atoms with Crippen molar-refractivity contribution in [2.45, 2.75) is 125 Å². The fraction of sp³-hybridized carbons (Fsp3) is 1.00. The second kappa shape index (κ2) is 29.2. The Labute approximate surface area is 341 Å². The van der Waals surface area contributed by atoms with E-state index in [9.17, 15) is 0 Å². The molecule has 0 atom stereocenters. The van der Waals surface area contributed by atoms with Gasteiger partial charge in [0, 0.05) is 130 Å². The van der Waals surface area contributed by atoms with Gasteiger partial charge in [-0.05, 0) is 0 Å². The molecule has 0 aromatic rings. The SMILES string of the molecule is CCN(CC)P(=N[S+](N=P(N(CC)CC)(N(CC)CC)N(CC)CC)N=P(N(CC)CC)(N(CC)CC)N(CC)CC)(N(CC)CC)N(CC)CC.[Cl-]. The quantitative estimate of drug-likeness (QED) is 0.0549. The maximum atomic E-state index is 6.39. The Kier molecular flexibility index (Phi) is 30.9. The fourth-order valence-corrected chi connectivity index (χ4v) is 25.2. The molecule has 0 aliphatic rings. The molecule has 322 valence electrons. The topological polar surface area (TPSA) is 66.2 Å². The number of nitrogens with zero attached hydrogens (tertiary/aromatic N) is 12. The molecule has 0 radical (unpaired) electrons. The summed E-state index contributed by atoms with van der Waals surface area (Å²) in [6.45, 7) is 58.6. The molecule has 0 amide bonds. The van der Waals surface area contributed by atoms with E-state index < -0.39 is 34.0 Å². The van der Waals surface area contributed by atoms with E-state index in [1.54, 1.807) is 0 Å². The van der Waals surface area contributed by atoms with Crippen molar-refractivity contribution in [3.05, 3.63) is 0 Å². The van der Waals surface area contributed by atoms with E-state index in [0.717, 1.165) is 118 Å². The minimum Gasteiger partial charge on any atom is -1.00 e. The second-order valence-corrected chi connectivity index (χ2v) is 23.1. The smallest absolute Gasteiger partial charge is 0.431 e. The molecule has 0 rings (SSSR count). The highest BCUT2D eigenvalue weighted by Crippen LogP contribution is 2.67. The first-order chi connectivity index (χ1) is 25.0. The maximum Gasteiger partial charge on any atom is 0.431 e. The normalized spacial score (nSPS) is 13.4. The van der Waals surface area contributed by atoms with Gasteiger partial charge in [0.1, 0.15) is 0 Å². The lowest BCUT2D eigenvalue weighted by atomic mass is 10.7. The van der Waals surface area contributed by atoms with Crippen LogP contribution in [0.3, 0.4) is 0 Å². The van der Waals surface area contributed by atoms with E-state index in [1.165, 1.54) is 0 Å². The number of rotatable bonds is 30. The Hall–Kier alpha value is 0.970. The standard InChI is InChI=1S/C36H90N12P3S.ClH/c1-19-40(20-2)49(41(21-3)22-4,42(23-5)24-6)37-52(38-50(43(25-7)26-8,44(27-9)28-10)45(29-11)30-12)39-51(46(31-13)32-14,47(33-15)34-16)48(35-17)36-18;/h19-36H2,1-18H3;1H/q+1;/p-1. The second-order valence-electron chi connectivity index (χ2n) is 12.4. The first-order valence-electron chi connectivity index (χ1n) is 21.4. The van der Waals surface area contributed by atoms with Crippen LogP contribution in [0.25, 0.3) is 0 Å². The van der Waals surface area contributed by atoms with Gasteiger partial charge in [-0.1, -0.05) is 125 Å². The molecule has 0 aliphatic heterocycles. The number of hydrogen-bond donors (Lipinski definition) is 0. The van der Waals surface area contributed by atoms with Crippen LogP contribution in [0.15, 0.2) is 12.5 Å². The average molecular weight is 852 g/mol. The first-order valence-corrected chi connectivity index (χ1v) is 27.3. The summed E-state index contributed by atoms with van der Waals surface area (Å²) >= 11 is -0.999. The van der Waals surface area contributed by atoms with Crippen molar-refractivity contribution >= 4 is 34.0 Å². The molecule has 0 spiro atoms. The van der Waals surface area contributed by atoms with Crippen LogP contribution in [0.1, 0.15) is 125 Å². The highest BCUT2D eigenvalue weighted by Gasteiger charge is 2.50. The number of hydrogen-bond acceptors (Lipinski definition) is 3. The minimum atomic E-state index is -2.46. The van der Waals surface area contributed by atoms with E-state index in [4.69, 9.17) is 12.5 Å². The Morgan fingerprint density at radius 3 is 0.415 bits per heavy atom. The van der Waals surface area contributed by atoms with Crippen molar-refractivity contribution in [3.63, 3.8) is 0 Å². The van der Waals surface area contributed by atoms with Gasteiger partial charge in [0.2, 0.25) is 22.5 Å². The molecule has 0 saturated carbocycles. The van der Waals surface area contributed by atoms with Crippen molar-refractivity contribution in [2.75, 3.05) is 118 Å². The minimum absolute atomic E-state index is 0. The summed E-state index contributed by atoms with van der Waals surface area (Å²) in [6, 6.07) is 0. The molecule has 0 heterocycles. The molecule has 53 heavy (non-hydrogen) atoms. The van der Waals surface area contributed by atoms with Gasteiger partial charge < -0.3 is 12.4 Å². The Bertz CT molecular complexity index is 836. The van der Waals surface area contributed by atoms with Gasteiger partial charge >= 0.3 is 11.5 Å². The van der Waals surface area contributed by atoms with E-state index in [1.807, 2.05) is 0 Å². The molecular formula is C36H90ClN12P3S. The van der Waals surface area contributed by atoms with E-state index >= 15 is 0 Å². The molecule has 0 aromatic carbocycles. The lowest BCUT2D eigenvalue weighted by Crippen LogP contribution is -3.00. The molecule has 0 aliphatic carbocycles. The van der Waals surface area contributed by atoms with Crippen molar-refractivity contribution in [1.29, 1.82) is 0 Å². The van der Waals surface area contributed by atoms with Crippen molar-refractivity contribution in [1.82, 2.24) is 42.0 Å². The summed E-state index contributed by atoms with van der Waals surface area (Å²) in [7, 11) is -7.39. The van der Waals surface area contributed by atoms with E-state index in [-0.39, 0.29) is 12.4 Å². The van der Waals surface area contributed by atoms with Crippen LogP contribution in [-0.4, -0.2) is 160 Å². The first kappa shape index (κ1) is 56.1. The molecular weight excluding hydrogens is 761 g/mol. The molecule has 17 heteroatoms. The summed E-state index contributed by atoms with van der Waals surface area (Å²) in [5.41, 5.74) is 0. The van der Waals surface area contributed by atoms with Gasteiger partial charge in [0.05, 0.1) is 0 Å². The molecule has 0 fully saturated rings. The third kappa shape index (κ3) is 12.3. The van der Waals surface area contributed by atoms with Gasteiger partial charge in [0.15, 0.2) is 0 Å². The molecule has 0 N–H and O–H groups in total. The summed E-state index contributed by atoms with van der Waals surface area (Å²) in [5.74, 6) is 0. The van der Waals surface area contributed by atoms with Crippen LogP contribution in [0.5, 0.6) is 0 Å². The van der Waals surface area contributed by atoms with Crippen molar-refractivity contribution in [2.24, 2.45) is 12.5 Å². The van der Waals surface area contributed by atoms with Crippen LogP contribution in [0, 0.1) is 0 Å². The van der Waals surface area contributed by atoms with Gasteiger partial charge in [-0.25, -0.2) is 42.0 Å². The maximum absolute atomic E-state index is 6.39. The van der Waals surface area contributed by atoms with Gasteiger partial charge in [-0.3, -0.25) is 0 Å². The monoisotopic (exact) mass is 851 g/mol. The third-order valence-electron chi connectivity index (χ3n) is 10.5. The lowest BCUT2D eigenvalue weighted by molar-refractivity contribution is -0.0000137. The van der Waals surface area contributed by atoms with Crippen LogP contribution < -0.4 is 12.4 Å². The number of halogens is 1. The zero-order valence-corrected chi connectivity index (χ0v) is 42.5. The molecule has 0 bridgehead atoms. The molecule has 0 aromatic heterocycles. The highest BCUT2D eigenvalue weighted by molar-refractivity contribution is 8.01. The zero-order valence-electron chi connectivity index (χ0n) is 38.2. The van der Waals surface area contributed by atoms with E-state index in [2.05, 4.69) is 167 Å². The predicted molar refractivity (Wildman–Crippen MR) is 242 cm³/mol. The van der Waals surface area contributed by atoms with Crippen LogP contribution in [0.2, 0.25) is 0 Å². The van der Waals surface area contributed by atoms with Crippen LogP contribution >= 0.6 is 22.5 Å². The van der Waals surface area contributed by atoms with E-state index in [0.29, 0.717) is 0 Å². The lowest BCUT2D eigenvalue weighted by Gasteiger charge is -2.48.